The topological polar surface area (TPSA) is 47.7 Å². The first-order valence-corrected chi connectivity index (χ1v) is 8.57. The van der Waals surface area contributed by atoms with E-state index in [4.69, 9.17) is 15.2 Å². The van der Waals surface area contributed by atoms with Gasteiger partial charge in [-0.25, -0.2) is 0 Å². The molecule has 1 aliphatic heterocycles. The van der Waals surface area contributed by atoms with Gasteiger partial charge in [-0.1, -0.05) is 13.8 Å². The molecule has 22 heavy (non-hydrogen) atoms. The smallest absolute Gasteiger partial charge is 0.124 e. The molecule has 2 N–H and O–H groups in total. The lowest BCUT2D eigenvalue weighted by atomic mass is 9.90. The van der Waals surface area contributed by atoms with Crippen LogP contribution in [0.1, 0.15) is 45.2 Å². The van der Waals surface area contributed by atoms with Crippen molar-refractivity contribution in [2.24, 2.45) is 11.7 Å². The Bertz CT molecular complexity index is 458. The van der Waals surface area contributed by atoms with Gasteiger partial charge in [0.05, 0.1) is 13.2 Å². The highest BCUT2D eigenvalue weighted by atomic mass is 16.5. The second-order valence-corrected chi connectivity index (χ2v) is 6.03. The zero-order valence-electron chi connectivity index (χ0n) is 14.2. The van der Waals surface area contributed by atoms with Gasteiger partial charge < -0.3 is 20.1 Å². The van der Waals surface area contributed by atoms with Crippen molar-refractivity contribution in [3.05, 3.63) is 23.8 Å². The molecule has 0 saturated heterocycles. The fourth-order valence-corrected chi connectivity index (χ4v) is 3.15. The first-order chi connectivity index (χ1) is 10.7. The Morgan fingerprint density at radius 2 is 1.95 bits per heavy atom. The number of ether oxygens (including phenoxy) is 2. The van der Waals surface area contributed by atoms with E-state index in [1.165, 1.54) is 12.8 Å². The second kappa shape index (κ2) is 8.39. The van der Waals surface area contributed by atoms with E-state index in [-0.39, 0.29) is 6.04 Å². The van der Waals surface area contributed by atoms with E-state index in [1.54, 1.807) is 0 Å². The minimum Gasteiger partial charge on any atom is -0.494 e. The predicted molar refractivity (Wildman–Crippen MR) is 90.5 cm³/mol. The van der Waals surface area contributed by atoms with E-state index in [0.29, 0.717) is 19.1 Å². The van der Waals surface area contributed by atoms with Crippen molar-refractivity contribution in [2.75, 3.05) is 32.8 Å². The Kier molecular flexibility index (Phi) is 6.52. The Morgan fingerprint density at radius 3 is 2.59 bits per heavy atom. The van der Waals surface area contributed by atoms with Gasteiger partial charge in [0.2, 0.25) is 0 Å². The molecule has 0 aliphatic carbocycles. The molecule has 2 rings (SSSR count). The first kappa shape index (κ1) is 17.1. The summed E-state index contributed by atoms with van der Waals surface area (Å²) in [5.41, 5.74) is 7.61. The van der Waals surface area contributed by atoms with E-state index in [0.717, 1.165) is 36.7 Å². The van der Waals surface area contributed by atoms with Gasteiger partial charge in [0.1, 0.15) is 11.5 Å². The summed E-state index contributed by atoms with van der Waals surface area (Å²) in [5, 5.41) is 0. The van der Waals surface area contributed by atoms with Gasteiger partial charge in [-0.15, -0.1) is 0 Å². The zero-order valence-corrected chi connectivity index (χ0v) is 14.2. The Labute approximate surface area is 134 Å². The van der Waals surface area contributed by atoms with Crippen LogP contribution in [0.2, 0.25) is 0 Å². The number of fused-ring (bicyclic) bond motifs is 1. The summed E-state index contributed by atoms with van der Waals surface area (Å²) in [5.74, 6) is 2.12. The van der Waals surface area contributed by atoms with E-state index in [9.17, 15) is 0 Å². The summed E-state index contributed by atoms with van der Waals surface area (Å²) in [4.78, 5) is 2.51. The standard InChI is InChI=1S/C18H30N2O2/c1-4-9-20(10-5-2)12-14-13-22-17-8-7-15(21-6-3)11-16(17)18(14)19/h7-8,11,14,18H,4-6,9-10,12-13,19H2,1-3H3. The first-order valence-electron chi connectivity index (χ1n) is 8.57. The van der Waals surface area contributed by atoms with Crippen LogP contribution in [0.5, 0.6) is 11.5 Å². The normalized spacial score (nSPS) is 20.6. The van der Waals surface area contributed by atoms with Gasteiger partial charge in [0.25, 0.3) is 0 Å². The molecule has 2 atom stereocenters. The maximum atomic E-state index is 6.53. The molecule has 124 valence electrons. The van der Waals surface area contributed by atoms with Gasteiger partial charge >= 0.3 is 0 Å². The van der Waals surface area contributed by atoms with Crippen molar-refractivity contribution in [1.82, 2.24) is 4.90 Å². The molecular weight excluding hydrogens is 276 g/mol. The van der Waals surface area contributed by atoms with Crippen LogP contribution >= 0.6 is 0 Å². The van der Waals surface area contributed by atoms with Crippen molar-refractivity contribution in [2.45, 2.75) is 39.7 Å². The van der Waals surface area contributed by atoms with E-state index in [2.05, 4.69) is 18.7 Å². The van der Waals surface area contributed by atoms with Crippen molar-refractivity contribution >= 4 is 0 Å². The lowest BCUT2D eigenvalue weighted by Gasteiger charge is -2.35. The highest BCUT2D eigenvalue weighted by molar-refractivity contribution is 5.43. The predicted octanol–water partition coefficient (Wildman–Crippen LogP) is 3.22. The minimum absolute atomic E-state index is 0.0142. The second-order valence-electron chi connectivity index (χ2n) is 6.03. The fraction of sp³-hybridized carbons (Fsp3) is 0.667. The van der Waals surface area contributed by atoms with Crippen molar-refractivity contribution < 1.29 is 9.47 Å². The molecular formula is C18H30N2O2. The average Bonchev–Trinajstić information content (AvgIpc) is 2.51. The Balaban J connectivity index is 2.09. The van der Waals surface area contributed by atoms with Gasteiger partial charge in [-0.2, -0.15) is 0 Å². The number of rotatable bonds is 8. The molecule has 1 heterocycles. The maximum absolute atomic E-state index is 6.53. The Morgan fingerprint density at radius 1 is 1.23 bits per heavy atom. The molecule has 1 aliphatic rings. The minimum atomic E-state index is 0.0142. The lowest BCUT2D eigenvalue weighted by molar-refractivity contribution is 0.138. The molecule has 1 aromatic carbocycles. The van der Waals surface area contributed by atoms with Crippen molar-refractivity contribution in [1.29, 1.82) is 0 Å². The van der Waals surface area contributed by atoms with E-state index < -0.39 is 0 Å². The molecule has 0 fully saturated rings. The van der Waals surface area contributed by atoms with Gasteiger partial charge in [-0.3, -0.25) is 0 Å². The molecule has 0 radical (unpaired) electrons. The van der Waals surface area contributed by atoms with Crippen LogP contribution in [-0.2, 0) is 0 Å². The maximum Gasteiger partial charge on any atom is 0.124 e. The molecule has 2 unspecified atom stereocenters. The number of nitrogens with two attached hydrogens (primary N) is 1. The van der Waals surface area contributed by atoms with Gasteiger partial charge in [0, 0.05) is 24.1 Å². The molecule has 0 amide bonds. The summed E-state index contributed by atoms with van der Waals surface area (Å²) in [6, 6.07) is 5.99. The number of hydrogen-bond donors (Lipinski definition) is 1. The molecule has 0 spiro atoms. The third-order valence-electron chi connectivity index (χ3n) is 4.18. The molecule has 0 bridgehead atoms. The molecule has 4 heteroatoms. The summed E-state index contributed by atoms with van der Waals surface area (Å²) in [7, 11) is 0. The van der Waals surface area contributed by atoms with Crippen LogP contribution in [0.15, 0.2) is 18.2 Å². The number of benzene rings is 1. The summed E-state index contributed by atoms with van der Waals surface area (Å²) in [6.07, 6.45) is 2.35. The van der Waals surface area contributed by atoms with Crippen molar-refractivity contribution in [3.8, 4) is 11.5 Å². The van der Waals surface area contributed by atoms with E-state index >= 15 is 0 Å². The molecule has 0 aromatic heterocycles. The van der Waals surface area contributed by atoms with Crippen LogP contribution < -0.4 is 15.2 Å². The van der Waals surface area contributed by atoms with Crippen LogP contribution in [0.25, 0.3) is 0 Å². The average molecular weight is 306 g/mol. The third kappa shape index (κ3) is 4.14. The van der Waals surface area contributed by atoms with E-state index in [1.807, 2.05) is 25.1 Å². The zero-order chi connectivity index (χ0) is 15.9. The van der Waals surface area contributed by atoms with Crippen LogP contribution in [0.3, 0.4) is 0 Å². The summed E-state index contributed by atoms with van der Waals surface area (Å²) < 4.78 is 11.5. The van der Waals surface area contributed by atoms with Crippen molar-refractivity contribution in [3.63, 3.8) is 0 Å². The monoisotopic (exact) mass is 306 g/mol. The number of nitrogens with zero attached hydrogens (tertiary/aromatic N) is 1. The highest BCUT2D eigenvalue weighted by Crippen LogP contribution is 2.36. The number of hydrogen-bond acceptors (Lipinski definition) is 4. The largest absolute Gasteiger partial charge is 0.494 e. The highest BCUT2D eigenvalue weighted by Gasteiger charge is 2.29. The summed E-state index contributed by atoms with van der Waals surface area (Å²) >= 11 is 0. The molecule has 4 nitrogen and oxygen atoms in total. The molecule has 1 aromatic rings. The lowest BCUT2D eigenvalue weighted by Crippen LogP contribution is -2.41. The third-order valence-corrected chi connectivity index (χ3v) is 4.18. The van der Waals surface area contributed by atoms with Gasteiger partial charge in [0.15, 0.2) is 0 Å². The SMILES string of the molecule is CCCN(CCC)CC1COc2ccc(OCC)cc2C1N. The van der Waals surface area contributed by atoms with Crippen LogP contribution in [0.4, 0.5) is 0 Å². The summed E-state index contributed by atoms with van der Waals surface area (Å²) in [6.45, 7) is 11.1. The van der Waals surface area contributed by atoms with Gasteiger partial charge in [-0.05, 0) is 51.1 Å². The quantitative estimate of drug-likeness (QED) is 0.801. The Hall–Kier alpha value is -1.26. The van der Waals surface area contributed by atoms with Crippen LogP contribution in [-0.4, -0.2) is 37.7 Å². The fourth-order valence-electron chi connectivity index (χ4n) is 3.15. The molecule has 0 saturated carbocycles. The van der Waals surface area contributed by atoms with Crippen LogP contribution in [0, 0.1) is 5.92 Å².